The topological polar surface area (TPSA) is 20.2 Å². The third kappa shape index (κ3) is 2.12. The molecule has 2 aromatic rings. The van der Waals surface area contributed by atoms with Crippen LogP contribution < -0.4 is 0 Å². The molecule has 0 fully saturated rings. The van der Waals surface area contributed by atoms with Crippen LogP contribution in [0.25, 0.3) is 16.8 Å². The Kier molecular flexibility index (Phi) is 3.35. The molecule has 0 amide bonds. The monoisotopic (exact) mass is 240 g/mol. The number of benzene rings is 2. The average Bonchev–Trinajstić information content (AvgIpc) is 2.35. The Labute approximate surface area is 106 Å². The molecule has 0 aromatic heterocycles. The summed E-state index contributed by atoms with van der Waals surface area (Å²) >= 11 is 5.31. The molecule has 2 aromatic carbocycles. The lowest BCUT2D eigenvalue weighted by atomic mass is 9.93. The van der Waals surface area contributed by atoms with Crippen molar-refractivity contribution in [2.24, 2.45) is 0 Å². The van der Waals surface area contributed by atoms with Gasteiger partial charge in [-0.25, -0.2) is 0 Å². The minimum atomic E-state index is 0.750. The first-order valence-corrected chi connectivity index (χ1v) is 5.68. The van der Waals surface area contributed by atoms with E-state index in [0.717, 1.165) is 11.1 Å². The lowest BCUT2D eigenvalue weighted by Gasteiger charge is -2.12. The average molecular weight is 240 g/mol. The number of aliphatic hydroxyl groups is 1. The third-order valence-electron chi connectivity index (χ3n) is 2.62. The van der Waals surface area contributed by atoms with E-state index < -0.39 is 0 Å². The molecule has 0 unspecified atom stereocenters. The highest BCUT2D eigenvalue weighted by Crippen LogP contribution is 2.28. The van der Waals surface area contributed by atoms with Gasteiger partial charge < -0.3 is 5.11 Å². The molecule has 1 nitrogen and oxygen atoms in total. The normalized spacial score (nSPS) is 11.9. The molecule has 0 saturated carbocycles. The van der Waals surface area contributed by atoms with Gasteiger partial charge in [0.15, 0.2) is 0 Å². The summed E-state index contributed by atoms with van der Waals surface area (Å²) in [6, 6.07) is 12.6. The summed E-state index contributed by atoms with van der Waals surface area (Å²) in [5, 5.41) is 9.90. The van der Waals surface area contributed by atoms with E-state index in [1.165, 1.54) is 21.9 Å². The van der Waals surface area contributed by atoms with E-state index in [4.69, 9.17) is 17.3 Å². The smallest absolute Gasteiger partial charge is 0.0719 e. The van der Waals surface area contributed by atoms with Crippen molar-refractivity contribution in [3.05, 3.63) is 66.4 Å². The molecule has 0 radical (unpaired) electrons. The molecule has 17 heavy (non-hydrogen) atoms. The van der Waals surface area contributed by atoms with Gasteiger partial charge in [-0.15, -0.1) is 0 Å². The molecule has 1 N–H and O–H groups in total. The summed E-state index contributed by atoms with van der Waals surface area (Å²) in [6.45, 7) is 2.92. The SMILES string of the molecule is C=CO.S=C1C=Cc2cccc3cccc1c23. The predicted octanol–water partition coefficient (Wildman–Crippen LogP) is 4.27. The van der Waals surface area contributed by atoms with Gasteiger partial charge in [-0.3, -0.25) is 0 Å². The number of hydrogen-bond acceptors (Lipinski definition) is 2. The molecule has 2 heteroatoms. The summed E-state index contributed by atoms with van der Waals surface area (Å²) < 4.78 is 0. The predicted molar refractivity (Wildman–Crippen MR) is 77.5 cm³/mol. The zero-order valence-electron chi connectivity index (χ0n) is 9.26. The second-order valence-electron chi connectivity index (χ2n) is 3.63. The van der Waals surface area contributed by atoms with E-state index in [0.29, 0.717) is 0 Å². The van der Waals surface area contributed by atoms with E-state index in [-0.39, 0.29) is 0 Å². The quantitative estimate of drug-likeness (QED) is 0.548. The van der Waals surface area contributed by atoms with Crippen LogP contribution in [0, 0.1) is 0 Å². The number of rotatable bonds is 0. The van der Waals surface area contributed by atoms with E-state index in [2.05, 4.69) is 49.1 Å². The Morgan fingerprint density at radius 2 is 1.71 bits per heavy atom. The molecular formula is C15H12OS. The van der Waals surface area contributed by atoms with Crippen LogP contribution in [0.5, 0.6) is 0 Å². The molecule has 1 aliphatic carbocycles. The maximum absolute atomic E-state index is 7.33. The van der Waals surface area contributed by atoms with Gasteiger partial charge in [0, 0.05) is 10.4 Å². The fourth-order valence-corrected chi connectivity index (χ4v) is 2.21. The van der Waals surface area contributed by atoms with Gasteiger partial charge in [0.2, 0.25) is 0 Å². The minimum Gasteiger partial charge on any atom is -0.516 e. The van der Waals surface area contributed by atoms with Crippen LogP contribution in [0.2, 0.25) is 0 Å². The first-order valence-electron chi connectivity index (χ1n) is 5.27. The van der Waals surface area contributed by atoms with Crippen molar-refractivity contribution in [2.75, 3.05) is 0 Å². The highest BCUT2D eigenvalue weighted by Gasteiger charge is 2.10. The van der Waals surface area contributed by atoms with Crippen molar-refractivity contribution in [1.82, 2.24) is 0 Å². The third-order valence-corrected chi connectivity index (χ3v) is 2.97. The largest absolute Gasteiger partial charge is 0.516 e. The number of hydrogen-bond donors (Lipinski definition) is 1. The Bertz CT molecular complexity index is 606. The highest BCUT2D eigenvalue weighted by atomic mass is 32.1. The molecular weight excluding hydrogens is 228 g/mol. The zero-order chi connectivity index (χ0) is 12.3. The van der Waals surface area contributed by atoms with Crippen LogP contribution in [0.15, 0.2) is 55.3 Å². The molecule has 1 aliphatic rings. The van der Waals surface area contributed by atoms with Crippen molar-refractivity contribution in [3.8, 4) is 0 Å². The molecule has 0 saturated heterocycles. The maximum Gasteiger partial charge on any atom is 0.0719 e. The van der Waals surface area contributed by atoms with Gasteiger partial charge >= 0.3 is 0 Å². The Morgan fingerprint density at radius 1 is 1.06 bits per heavy atom. The highest BCUT2D eigenvalue weighted by molar-refractivity contribution is 7.81. The van der Waals surface area contributed by atoms with E-state index in [1.807, 2.05) is 6.08 Å². The summed E-state index contributed by atoms with van der Waals surface area (Å²) in [6.07, 6.45) is 4.85. The molecule has 84 valence electrons. The Morgan fingerprint density at radius 3 is 2.41 bits per heavy atom. The standard InChI is InChI=1S/C13H8S.C2H4O/c14-12-8-7-10-4-1-3-9-5-2-6-11(12)13(9)10;1-2-3/h1-8H;2-3H,1H2. The zero-order valence-corrected chi connectivity index (χ0v) is 10.1. The summed E-state index contributed by atoms with van der Waals surface area (Å²) in [7, 11) is 0. The first-order chi connectivity index (χ1) is 8.27. The molecule has 0 spiro atoms. The first kappa shape index (κ1) is 11.6. The molecule has 0 atom stereocenters. The van der Waals surface area contributed by atoms with Gasteiger partial charge in [0.05, 0.1) is 6.26 Å². The van der Waals surface area contributed by atoms with Crippen molar-refractivity contribution in [2.45, 2.75) is 0 Å². The van der Waals surface area contributed by atoms with Crippen LogP contribution in [0.4, 0.5) is 0 Å². The van der Waals surface area contributed by atoms with Gasteiger partial charge in [-0.2, -0.15) is 0 Å². The van der Waals surface area contributed by atoms with Crippen LogP contribution >= 0.6 is 12.2 Å². The van der Waals surface area contributed by atoms with E-state index in [9.17, 15) is 0 Å². The second-order valence-corrected chi connectivity index (χ2v) is 4.07. The van der Waals surface area contributed by atoms with Crippen molar-refractivity contribution in [3.63, 3.8) is 0 Å². The van der Waals surface area contributed by atoms with Crippen molar-refractivity contribution >= 4 is 33.9 Å². The number of aliphatic hydroxyl groups excluding tert-OH is 1. The van der Waals surface area contributed by atoms with Gasteiger partial charge in [-0.05, 0) is 22.4 Å². The molecule has 0 aliphatic heterocycles. The summed E-state index contributed by atoms with van der Waals surface area (Å²) in [4.78, 5) is 0.939. The Hall–Kier alpha value is -1.93. The molecule has 0 heterocycles. The minimum absolute atomic E-state index is 0.750. The molecule has 0 bridgehead atoms. The van der Waals surface area contributed by atoms with Crippen LogP contribution in [-0.2, 0) is 0 Å². The van der Waals surface area contributed by atoms with Crippen molar-refractivity contribution < 1.29 is 5.11 Å². The van der Waals surface area contributed by atoms with Gasteiger partial charge in [0.1, 0.15) is 0 Å². The fourth-order valence-electron chi connectivity index (χ4n) is 1.97. The molecule has 3 rings (SSSR count). The van der Waals surface area contributed by atoms with Crippen LogP contribution in [-0.4, -0.2) is 9.97 Å². The van der Waals surface area contributed by atoms with E-state index in [1.54, 1.807) is 0 Å². The van der Waals surface area contributed by atoms with Crippen molar-refractivity contribution in [1.29, 1.82) is 0 Å². The fraction of sp³-hybridized carbons (Fsp3) is 0. The van der Waals surface area contributed by atoms with Gasteiger partial charge in [-0.1, -0.05) is 61.3 Å². The number of thiocarbonyl (C=S) groups is 1. The second kappa shape index (κ2) is 4.93. The summed E-state index contributed by atoms with van der Waals surface area (Å²) in [5.41, 5.74) is 2.46. The summed E-state index contributed by atoms with van der Waals surface area (Å²) in [5.74, 6) is 0. The van der Waals surface area contributed by atoms with Crippen LogP contribution in [0.3, 0.4) is 0 Å². The van der Waals surface area contributed by atoms with Crippen LogP contribution in [0.1, 0.15) is 11.1 Å². The number of allylic oxidation sites excluding steroid dienone is 1. The Balaban J connectivity index is 0.000000329. The lowest BCUT2D eigenvalue weighted by Crippen LogP contribution is -1.99. The van der Waals surface area contributed by atoms with E-state index >= 15 is 0 Å². The lowest BCUT2D eigenvalue weighted by molar-refractivity contribution is 0.476. The maximum atomic E-state index is 7.33. The van der Waals surface area contributed by atoms with Gasteiger partial charge in [0.25, 0.3) is 0 Å².